The predicted molar refractivity (Wildman–Crippen MR) is 123 cm³/mol. The lowest BCUT2D eigenvalue weighted by Crippen LogP contribution is -2.44. The van der Waals surface area contributed by atoms with Gasteiger partial charge < -0.3 is 20.6 Å². The van der Waals surface area contributed by atoms with E-state index in [0.717, 1.165) is 54.1 Å². The molecule has 0 unspecified atom stereocenters. The van der Waals surface area contributed by atoms with Gasteiger partial charge >= 0.3 is 0 Å². The van der Waals surface area contributed by atoms with E-state index in [1.807, 2.05) is 38.1 Å². The number of hydrogen-bond acceptors (Lipinski definition) is 8. The van der Waals surface area contributed by atoms with Crippen molar-refractivity contribution in [2.75, 3.05) is 24.8 Å². The molecule has 1 aromatic carbocycles. The molecule has 0 atom stereocenters. The Kier molecular flexibility index (Phi) is 5.65. The molecule has 1 amide bonds. The van der Waals surface area contributed by atoms with Crippen LogP contribution in [0.15, 0.2) is 29.4 Å². The first-order chi connectivity index (χ1) is 15.9. The first-order valence-corrected chi connectivity index (χ1v) is 12.0. The Morgan fingerprint density at radius 2 is 1.91 bits per heavy atom. The number of benzene rings is 1. The number of fused-ring (bicyclic) bond motifs is 1. The van der Waals surface area contributed by atoms with E-state index in [4.69, 9.17) is 15.3 Å². The topological polar surface area (TPSA) is 122 Å². The summed E-state index contributed by atoms with van der Waals surface area (Å²) < 4.78 is 14.4. The number of rotatable bonds is 6. The van der Waals surface area contributed by atoms with Crippen molar-refractivity contribution in [3.8, 4) is 17.4 Å². The molecule has 1 saturated carbocycles. The molecular weight excluding hydrogens is 442 g/mol. The molecule has 1 aliphatic heterocycles. The molecule has 174 valence electrons. The van der Waals surface area contributed by atoms with Crippen LogP contribution in [0.25, 0.3) is 5.95 Å². The number of carbonyl (C=O) groups is 1. The number of ether oxygens (including phenoxy) is 2. The van der Waals surface area contributed by atoms with Gasteiger partial charge in [0.05, 0.1) is 17.0 Å². The van der Waals surface area contributed by atoms with E-state index < -0.39 is 5.54 Å². The highest BCUT2D eigenvalue weighted by Gasteiger charge is 2.38. The maximum atomic E-state index is 13.0. The Bertz CT molecular complexity index is 1180. The highest BCUT2D eigenvalue weighted by Crippen LogP contribution is 2.42. The zero-order valence-electron chi connectivity index (χ0n) is 18.7. The summed E-state index contributed by atoms with van der Waals surface area (Å²) in [7, 11) is 0. The number of amides is 1. The van der Waals surface area contributed by atoms with Gasteiger partial charge in [-0.3, -0.25) is 4.79 Å². The van der Waals surface area contributed by atoms with Crippen LogP contribution >= 0.6 is 11.8 Å². The summed E-state index contributed by atoms with van der Waals surface area (Å²) >= 11 is 1.25. The minimum absolute atomic E-state index is 0.0764. The molecule has 2 aliphatic rings. The number of aromatic nitrogens is 5. The van der Waals surface area contributed by atoms with Crippen molar-refractivity contribution in [3.63, 3.8) is 0 Å². The summed E-state index contributed by atoms with van der Waals surface area (Å²) in [5, 5.41) is 16.4. The Hall–Kier alpha value is -3.21. The van der Waals surface area contributed by atoms with Gasteiger partial charge in [0.15, 0.2) is 11.5 Å². The first-order valence-electron chi connectivity index (χ1n) is 11.0. The van der Waals surface area contributed by atoms with Gasteiger partial charge in [0.2, 0.25) is 11.1 Å². The van der Waals surface area contributed by atoms with Crippen molar-refractivity contribution in [1.82, 2.24) is 30.0 Å². The normalized spacial score (nSPS) is 16.7. The van der Waals surface area contributed by atoms with Crippen LogP contribution in [0, 0.1) is 13.8 Å². The molecule has 3 aromatic rings. The monoisotopic (exact) mass is 469 g/mol. The van der Waals surface area contributed by atoms with Crippen LogP contribution in [0.4, 0.5) is 0 Å². The van der Waals surface area contributed by atoms with Crippen molar-refractivity contribution < 1.29 is 14.3 Å². The second-order valence-electron chi connectivity index (χ2n) is 8.48. The Morgan fingerprint density at radius 1 is 1.15 bits per heavy atom. The second kappa shape index (κ2) is 8.62. The maximum absolute atomic E-state index is 13.0. The summed E-state index contributed by atoms with van der Waals surface area (Å²) in [6.45, 7) is 4.92. The van der Waals surface area contributed by atoms with E-state index in [9.17, 15) is 4.79 Å². The molecule has 33 heavy (non-hydrogen) atoms. The SMILES string of the molecule is Cc1cc(C)n(-c2nnc(SCC(=O)NC3(c4ccc5c(c4)OCCO5)CCCC3)n2N)n1. The molecule has 0 radical (unpaired) electrons. The Balaban J connectivity index is 1.29. The Morgan fingerprint density at radius 3 is 2.64 bits per heavy atom. The number of aryl methyl sites for hydroxylation is 2. The van der Waals surface area contributed by atoms with Gasteiger partial charge in [-0.2, -0.15) is 5.10 Å². The predicted octanol–water partition coefficient (Wildman–Crippen LogP) is 2.24. The number of carbonyl (C=O) groups excluding carboxylic acids is 1. The lowest BCUT2D eigenvalue weighted by Gasteiger charge is -2.32. The van der Waals surface area contributed by atoms with Gasteiger partial charge in [0.1, 0.15) is 13.2 Å². The van der Waals surface area contributed by atoms with E-state index in [0.29, 0.717) is 24.3 Å². The minimum Gasteiger partial charge on any atom is -0.486 e. The number of nitrogens with zero attached hydrogens (tertiary/aromatic N) is 5. The number of thioether (sulfide) groups is 1. The summed E-state index contributed by atoms with van der Waals surface area (Å²) in [6, 6.07) is 7.91. The average Bonchev–Trinajstić information content (AvgIpc) is 3.51. The quantitative estimate of drug-likeness (QED) is 0.416. The zero-order valence-corrected chi connectivity index (χ0v) is 19.5. The molecule has 3 N–H and O–H groups in total. The van der Waals surface area contributed by atoms with E-state index in [-0.39, 0.29) is 11.7 Å². The summed E-state index contributed by atoms with van der Waals surface area (Å²) in [6.07, 6.45) is 3.90. The average molecular weight is 470 g/mol. The van der Waals surface area contributed by atoms with E-state index in [1.165, 1.54) is 16.4 Å². The van der Waals surface area contributed by atoms with Crippen LogP contribution < -0.4 is 20.6 Å². The lowest BCUT2D eigenvalue weighted by atomic mass is 9.87. The van der Waals surface area contributed by atoms with Gasteiger partial charge in [-0.25, -0.2) is 9.36 Å². The summed E-state index contributed by atoms with van der Waals surface area (Å²) in [4.78, 5) is 13.0. The number of nitrogen functional groups attached to an aromatic ring is 1. The molecule has 0 spiro atoms. The summed E-state index contributed by atoms with van der Waals surface area (Å²) in [5.74, 6) is 8.20. The second-order valence-corrected chi connectivity index (χ2v) is 9.42. The fourth-order valence-corrected chi connectivity index (χ4v) is 5.23. The highest BCUT2D eigenvalue weighted by atomic mass is 32.2. The summed E-state index contributed by atoms with van der Waals surface area (Å²) in [5.41, 5.74) is 2.42. The minimum atomic E-state index is -0.404. The van der Waals surface area contributed by atoms with Crippen LogP contribution in [0.5, 0.6) is 11.5 Å². The zero-order chi connectivity index (χ0) is 23.0. The lowest BCUT2D eigenvalue weighted by molar-refractivity contribution is -0.120. The van der Waals surface area contributed by atoms with Crippen molar-refractivity contribution in [3.05, 3.63) is 41.2 Å². The Labute approximate surface area is 195 Å². The van der Waals surface area contributed by atoms with E-state index in [1.54, 1.807) is 4.68 Å². The van der Waals surface area contributed by atoms with Crippen LogP contribution in [-0.2, 0) is 10.3 Å². The standard InChI is InChI=1S/C22H27N7O3S/c1-14-11-15(2)29(27-14)20-25-26-21(28(20)23)33-13-19(30)24-22(7-3-4-8-22)16-5-6-17-18(12-16)32-10-9-31-17/h5-6,11-12H,3-4,7-10,13,23H2,1-2H3,(H,24,30). The molecular formula is C22H27N7O3S. The molecule has 1 fully saturated rings. The molecule has 10 nitrogen and oxygen atoms in total. The molecule has 0 saturated heterocycles. The molecule has 5 rings (SSSR count). The van der Waals surface area contributed by atoms with Gasteiger partial charge in [-0.1, -0.05) is 30.7 Å². The van der Waals surface area contributed by atoms with E-state index in [2.05, 4.69) is 20.6 Å². The molecule has 0 bridgehead atoms. The number of nitrogens with two attached hydrogens (primary N) is 1. The van der Waals surface area contributed by atoms with Crippen LogP contribution in [0.3, 0.4) is 0 Å². The van der Waals surface area contributed by atoms with Gasteiger partial charge in [0, 0.05) is 5.69 Å². The van der Waals surface area contributed by atoms with Gasteiger partial charge in [0.25, 0.3) is 5.95 Å². The molecule has 2 aromatic heterocycles. The van der Waals surface area contributed by atoms with Crippen molar-refractivity contribution in [2.24, 2.45) is 0 Å². The van der Waals surface area contributed by atoms with E-state index >= 15 is 0 Å². The first kappa shape index (κ1) is 21.6. The van der Waals surface area contributed by atoms with Gasteiger partial charge in [-0.05, 0) is 50.5 Å². The fourth-order valence-electron chi connectivity index (χ4n) is 4.58. The third kappa shape index (κ3) is 4.12. The number of hydrogen-bond donors (Lipinski definition) is 2. The third-order valence-electron chi connectivity index (χ3n) is 6.11. The smallest absolute Gasteiger partial charge is 0.271 e. The third-order valence-corrected chi connectivity index (χ3v) is 7.05. The largest absolute Gasteiger partial charge is 0.486 e. The number of nitrogens with one attached hydrogen (secondary N) is 1. The van der Waals surface area contributed by atoms with Crippen molar-refractivity contribution in [2.45, 2.75) is 50.2 Å². The molecule has 1 aliphatic carbocycles. The molecule has 11 heteroatoms. The van der Waals surface area contributed by atoms with Crippen LogP contribution in [-0.4, -0.2) is 49.5 Å². The fraction of sp³-hybridized carbons (Fsp3) is 0.455. The van der Waals surface area contributed by atoms with Crippen molar-refractivity contribution >= 4 is 17.7 Å². The van der Waals surface area contributed by atoms with Crippen molar-refractivity contribution in [1.29, 1.82) is 0 Å². The molecule has 3 heterocycles. The van der Waals surface area contributed by atoms with Crippen LogP contribution in [0.2, 0.25) is 0 Å². The van der Waals surface area contributed by atoms with Gasteiger partial charge in [-0.15, -0.1) is 10.2 Å². The van der Waals surface area contributed by atoms with Crippen LogP contribution in [0.1, 0.15) is 42.6 Å². The maximum Gasteiger partial charge on any atom is 0.271 e. The highest BCUT2D eigenvalue weighted by molar-refractivity contribution is 7.99.